The van der Waals surface area contributed by atoms with Gasteiger partial charge in [0.15, 0.2) is 0 Å². The van der Waals surface area contributed by atoms with Crippen molar-refractivity contribution in [1.82, 2.24) is 0 Å². The maximum absolute atomic E-state index is 5.35. The van der Waals surface area contributed by atoms with Crippen LogP contribution < -0.4 is 0 Å². The van der Waals surface area contributed by atoms with Crippen LogP contribution in [0, 0.1) is 0 Å². The van der Waals surface area contributed by atoms with Crippen molar-refractivity contribution in [1.29, 1.82) is 0 Å². The quantitative estimate of drug-likeness (QED) is 0.555. The molecule has 0 radical (unpaired) electrons. The van der Waals surface area contributed by atoms with Crippen LogP contribution in [0.2, 0.25) is 0 Å². The topological polar surface area (TPSA) is 27.7 Å². The predicted octanol–water partition coefficient (Wildman–Crippen LogP) is 2.93. The van der Waals surface area contributed by atoms with Crippen LogP contribution in [0.25, 0.3) is 0 Å². The third-order valence-corrected chi connectivity index (χ3v) is 2.83. The normalized spacial score (nSPS) is 12.7. The third-order valence-electron chi connectivity index (χ3n) is 1.33. The van der Waals surface area contributed by atoms with Crippen LogP contribution in [0.4, 0.5) is 0 Å². The van der Waals surface area contributed by atoms with Crippen molar-refractivity contribution >= 4 is 24.1 Å². The molecule has 0 aliphatic rings. The summed E-state index contributed by atoms with van der Waals surface area (Å²) in [6, 6.07) is 9.80. The van der Waals surface area contributed by atoms with Gasteiger partial charge >= 0.3 is 0 Å². The standard InChI is InChI=1S/C9H12O3S2/c1-10-9(14-11-2)12-13-8-6-4-3-5-7-8/h3-7,9H,1-2H3. The number of benzene rings is 1. The van der Waals surface area contributed by atoms with E-state index in [4.69, 9.17) is 13.1 Å². The molecule has 0 aliphatic heterocycles. The van der Waals surface area contributed by atoms with Gasteiger partial charge in [0, 0.05) is 24.0 Å². The highest BCUT2D eigenvalue weighted by Crippen LogP contribution is 2.25. The van der Waals surface area contributed by atoms with Gasteiger partial charge in [0.2, 0.25) is 5.62 Å². The summed E-state index contributed by atoms with van der Waals surface area (Å²) >= 11 is 2.40. The first-order valence-electron chi connectivity index (χ1n) is 3.97. The molecular formula is C9H12O3S2. The van der Waals surface area contributed by atoms with Gasteiger partial charge in [-0.3, -0.25) is 4.18 Å². The van der Waals surface area contributed by atoms with E-state index < -0.39 is 5.62 Å². The number of methoxy groups -OCH3 is 1. The second-order valence-corrected chi connectivity index (χ2v) is 4.02. The Morgan fingerprint density at radius 2 is 1.86 bits per heavy atom. The van der Waals surface area contributed by atoms with Crippen molar-refractivity contribution < 1.29 is 13.1 Å². The zero-order valence-corrected chi connectivity index (χ0v) is 9.64. The molecule has 1 aromatic carbocycles. The van der Waals surface area contributed by atoms with E-state index in [0.29, 0.717) is 0 Å². The summed E-state index contributed by atoms with van der Waals surface area (Å²) in [4.78, 5) is 1.03. The van der Waals surface area contributed by atoms with Gasteiger partial charge in [-0.05, 0) is 12.1 Å². The molecule has 3 nitrogen and oxygen atoms in total. The highest BCUT2D eigenvalue weighted by atomic mass is 32.2. The zero-order chi connectivity index (χ0) is 10.2. The Balaban J connectivity index is 2.32. The summed E-state index contributed by atoms with van der Waals surface area (Å²) < 4.78 is 15.2. The molecule has 0 spiro atoms. The van der Waals surface area contributed by atoms with Gasteiger partial charge in [-0.1, -0.05) is 18.2 Å². The van der Waals surface area contributed by atoms with E-state index in [2.05, 4.69) is 0 Å². The Kier molecular flexibility index (Phi) is 6.05. The summed E-state index contributed by atoms with van der Waals surface area (Å²) in [7, 11) is 3.15. The van der Waals surface area contributed by atoms with E-state index in [9.17, 15) is 0 Å². The maximum Gasteiger partial charge on any atom is 0.244 e. The van der Waals surface area contributed by atoms with Crippen LogP contribution in [-0.2, 0) is 13.1 Å². The summed E-state index contributed by atoms with van der Waals surface area (Å²) in [5.41, 5.74) is -0.412. The van der Waals surface area contributed by atoms with Crippen molar-refractivity contribution in [3.8, 4) is 0 Å². The van der Waals surface area contributed by atoms with Crippen LogP contribution in [0.3, 0.4) is 0 Å². The van der Waals surface area contributed by atoms with Crippen molar-refractivity contribution in [3.05, 3.63) is 30.3 Å². The highest BCUT2D eigenvalue weighted by Gasteiger charge is 2.08. The summed E-state index contributed by atoms with van der Waals surface area (Å²) in [5, 5.41) is 0. The molecular weight excluding hydrogens is 220 g/mol. The largest absolute Gasteiger partial charge is 0.345 e. The van der Waals surface area contributed by atoms with E-state index >= 15 is 0 Å². The first kappa shape index (κ1) is 11.9. The zero-order valence-electron chi connectivity index (χ0n) is 8.01. The minimum Gasteiger partial charge on any atom is -0.345 e. The fraction of sp³-hybridized carbons (Fsp3) is 0.333. The SMILES string of the molecule is COSC(OC)OSc1ccccc1. The summed E-state index contributed by atoms with van der Waals surface area (Å²) in [6.45, 7) is 0. The molecule has 0 saturated heterocycles. The molecule has 0 bridgehead atoms. The molecule has 0 fully saturated rings. The lowest BCUT2D eigenvalue weighted by Gasteiger charge is -2.11. The van der Waals surface area contributed by atoms with Crippen molar-refractivity contribution in [2.24, 2.45) is 0 Å². The third kappa shape index (κ3) is 4.34. The molecule has 1 rings (SSSR count). The lowest BCUT2D eigenvalue weighted by atomic mass is 10.4. The van der Waals surface area contributed by atoms with Crippen molar-refractivity contribution in [2.45, 2.75) is 10.5 Å². The molecule has 5 heteroatoms. The van der Waals surface area contributed by atoms with Crippen LogP contribution >= 0.6 is 24.1 Å². The fourth-order valence-corrected chi connectivity index (χ4v) is 1.76. The second kappa shape index (κ2) is 7.14. The van der Waals surface area contributed by atoms with E-state index in [1.165, 1.54) is 12.0 Å². The second-order valence-electron chi connectivity index (χ2n) is 2.28. The van der Waals surface area contributed by atoms with E-state index in [0.717, 1.165) is 16.9 Å². The number of rotatable bonds is 6. The molecule has 0 N–H and O–H groups in total. The fourth-order valence-electron chi connectivity index (χ4n) is 0.744. The minimum atomic E-state index is -0.412. The molecule has 0 heterocycles. The van der Waals surface area contributed by atoms with E-state index in [1.54, 1.807) is 14.2 Å². The molecule has 14 heavy (non-hydrogen) atoms. The summed E-state index contributed by atoms with van der Waals surface area (Å²) in [5.74, 6) is 0. The van der Waals surface area contributed by atoms with Gasteiger partial charge in [0.1, 0.15) is 0 Å². The molecule has 1 atom stereocenters. The molecule has 0 aliphatic carbocycles. The number of ether oxygens (including phenoxy) is 1. The Morgan fingerprint density at radius 1 is 1.14 bits per heavy atom. The van der Waals surface area contributed by atoms with Gasteiger partial charge in [0.25, 0.3) is 0 Å². The van der Waals surface area contributed by atoms with Crippen LogP contribution in [0.1, 0.15) is 0 Å². The van der Waals surface area contributed by atoms with Crippen molar-refractivity contribution in [2.75, 3.05) is 14.2 Å². The Bertz CT molecular complexity index is 243. The van der Waals surface area contributed by atoms with Gasteiger partial charge in [-0.2, -0.15) is 0 Å². The lowest BCUT2D eigenvalue weighted by molar-refractivity contribution is 0.0285. The van der Waals surface area contributed by atoms with E-state index in [1.807, 2.05) is 30.3 Å². The Labute approximate surface area is 92.5 Å². The van der Waals surface area contributed by atoms with E-state index in [-0.39, 0.29) is 0 Å². The minimum absolute atomic E-state index is 0.412. The summed E-state index contributed by atoms with van der Waals surface area (Å²) in [6.07, 6.45) is 0. The van der Waals surface area contributed by atoms with Gasteiger partial charge in [0.05, 0.1) is 19.2 Å². The van der Waals surface area contributed by atoms with Gasteiger partial charge in [-0.15, -0.1) is 0 Å². The molecule has 0 saturated carbocycles. The van der Waals surface area contributed by atoms with Crippen LogP contribution in [0.15, 0.2) is 35.2 Å². The lowest BCUT2D eigenvalue weighted by Crippen LogP contribution is -2.06. The monoisotopic (exact) mass is 232 g/mol. The Morgan fingerprint density at radius 3 is 2.43 bits per heavy atom. The molecule has 78 valence electrons. The molecule has 0 aromatic heterocycles. The number of hydrogen-bond acceptors (Lipinski definition) is 5. The molecule has 0 amide bonds. The van der Waals surface area contributed by atoms with Gasteiger partial charge in [-0.25, -0.2) is 0 Å². The first-order chi connectivity index (χ1) is 6.86. The van der Waals surface area contributed by atoms with Crippen LogP contribution in [-0.4, -0.2) is 19.8 Å². The van der Waals surface area contributed by atoms with Crippen LogP contribution in [0.5, 0.6) is 0 Å². The van der Waals surface area contributed by atoms with Gasteiger partial charge < -0.3 is 8.92 Å². The predicted molar refractivity (Wildman–Crippen MR) is 58.8 cm³/mol. The molecule has 1 unspecified atom stereocenters. The molecule has 1 aromatic rings. The smallest absolute Gasteiger partial charge is 0.244 e. The number of hydrogen-bond donors (Lipinski definition) is 0. The van der Waals surface area contributed by atoms with Crippen molar-refractivity contribution in [3.63, 3.8) is 0 Å². The average Bonchev–Trinajstić information content (AvgIpc) is 2.25. The first-order valence-corrected chi connectivity index (χ1v) is 5.52. The highest BCUT2D eigenvalue weighted by molar-refractivity contribution is 7.97. The average molecular weight is 232 g/mol. The Hall–Kier alpha value is -0.200. The maximum atomic E-state index is 5.35.